The number of thioether (sulfide) groups is 1. The van der Waals surface area contributed by atoms with Crippen molar-refractivity contribution in [1.82, 2.24) is 4.90 Å². The second kappa shape index (κ2) is 8.92. The first kappa shape index (κ1) is 19.3. The van der Waals surface area contributed by atoms with Gasteiger partial charge in [-0.25, -0.2) is 0 Å². The molecule has 1 atom stereocenters. The molecule has 2 aromatic rings. The van der Waals surface area contributed by atoms with Crippen molar-refractivity contribution >= 4 is 40.9 Å². The van der Waals surface area contributed by atoms with Crippen LogP contribution in [0, 0.1) is 0 Å². The van der Waals surface area contributed by atoms with Crippen LogP contribution in [0.5, 0.6) is 0 Å². The first-order valence-electron chi connectivity index (χ1n) is 7.86. The Hall–Kier alpha value is -1.98. The largest absolute Gasteiger partial charge is 0.345 e. The van der Waals surface area contributed by atoms with E-state index in [1.807, 2.05) is 31.2 Å². The molecule has 6 heteroatoms. The Bertz CT molecular complexity index is 765. The molecule has 0 heterocycles. The van der Waals surface area contributed by atoms with Crippen LogP contribution in [0.2, 0.25) is 5.02 Å². The fourth-order valence-electron chi connectivity index (χ4n) is 2.28. The van der Waals surface area contributed by atoms with Crippen molar-refractivity contribution in [3.05, 3.63) is 64.7 Å². The fraction of sp³-hybridized carbons (Fsp3) is 0.263. The first-order valence-corrected chi connectivity index (χ1v) is 9.28. The molecule has 2 amide bonds. The Morgan fingerprint density at radius 3 is 2.56 bits per heavy atom. The number of amides is 2. The fourth-order valence-corrected chi connectivity index (χ4v) is 3.50. The van der Waals surface area contributed by atoms with E-state index in [2.05, 4.69) is 5.32 Å². The smallest absolute Gasteiger partial charge is 0.253 e. The lowest BCUT2D eigenvalue weighted by Crippen LogP contribution is -2.22. The number of benzene rings is 2. The van der Waals surface area contributed by atoms with Gasteiger partial charge < -0.3 is 10.2 Å². The molecule has 0 fully saturated rings. The number of nitrogens with one attached hydrogen (secondary N) is 1. The number of carbonyl (C=O) groups excluding carboxylic acids is 2. The summed E-state index contributed by atoms with van der Waals surface area (Å²) in [7, 11) is 3.39. The zero-order chi connectivity index (χ0) is 18.4. The van der Waals surface area contributed by atoms with Gasteiger partial charge in [0.1, 0.15) is 0 Å². The van der Waals surface area contributed by atoms with Crippen molar-refractivity contribution in [2.75, 3.05) is 25.2 Å². The van der Waals surface area contributed by atoms with Crippen molar-refractivity contribution in [3.63, 3.8) is 0 Å². The standard InChI is InChI=1S/C19H21ClN2O2S/c1-13(16-9-4-5-10-17(16)20)25-12-18(23)21-15-8-6-7-14(11-15)19(24)22(2)3/h4-11,13H,12H2,1-3H3,(H,21,23). The molecule has 2 aromatic carbocycles. The highest BCUT2D eigenvalue weighted by Crippen LogP contribution is 2.32. The average molecular weight is 377 g/mol. The number of nitrogens with zero attached hydrogens (tertiary/aromatic N) is 1. The van der Waals surface area contributed by atoms with Gasteiger partial charge in [0.15, 0.2) is 0 Å². The second-order valence-corrected chi connectivity index (χ2v) is 7.54. The van der Waals surface area contributed by atoms with Crippen molar-refractivity contribution in [2.24, 2.45) is 0 Å². The van der Waals surface area contributed by atoms with Crippen LogP contribution in [0.1, 0.15) is 28.1 Å². The van der Waals surface area contributed by atoms with Crippen molar-refractivity contribution in [3.8, 4) is 0 Å². The van der Waals surface area contributed by atoms with Crippen LogP contribution in [-0.4, -0.2) is 36.6 Å². The summed E-state index contributed by atoms with van der Waals surface area (Å²) in [5.41, 5.74) is 2.17. The van der Waals surface area contributed by atoms with Crippen LogP contribution in [0.15, 0.2) is 48.5 Å². The number of halogens is 1. The maximum absolute atomic E-state index is 12.2. The Morgan fingerprint density at radius 1 is 1.16 bits per heavy atom. The summed E-state index contributed by atoms with van der Waals surface area (Å²) in [6.45, 7) is 2.02. The lowest BCUT2D eigenvalue weighted by Gasteiger charge is -2.14. The summed E-state index contributed by atoms with van der Waals surface area (Å²) in [5, 5.41) is 3.65. The quantitative estimate of drug-likeness (QED) is 0.808. The van der Waals surface area contributed by atoms with Gasteiger partial charge in [0.25, 0.3) is 5.91 Å². The monoisotopic (exact) mass is 376 g/mol. The summed E-state index contributed by atoms with van der Waals surface area (Å²) < 4.78 is 0. The molecule has 132 valence electrons. The molecule has 1 unspecified atom stereocenters. The van der Waals surface area contributed by atoms with E-state index < -0.39 is 0 Å². The third-order valence-electron chi connectivity index (χ3n) is 3.61. The summed E-state index contributed by atoms with van der Waals surface area (Å²) >= 11 is 7.70. The number of rotatable bonds is 6. The van der Waals surface area contributed by atoms with Crippen LogP contribution >= 0.6 is 23.4 Å². The Balaban J connectivity index is 1.93. The minimum absolute atomic E-state index is 0.0992. The molecule has 2 rings (SSSR count). The predicted octanol–water partition coefficient (Wildman–Crippen LogP) is 4.47. The zero-order valence-corrected chi connectivity index (χ0v) is 16.0. The van der Waals surface area contributed by atoms with E-state index in [0.717, 1.165) is 5.56 Å². The highest BCUT2D eigenvalue weighted by molar-refractivity contribution is 8.00. The van der Waals surface area contributed by atoms with Gasteiger partial charge in [0.05, 0.1) is 5.75 Å². The van der Waals surface area contributed by atoms with Gasteiger partial charge in [-0.15, -0.1) is 11.8 Å². The molecular formula is C19H21ClN2O2S. The summed E-state index contributed by atoms with van der Waals surface area (Å²) in [5.74, 6) is 0.0919. The molecule has 0 bridgehead atoms. The number of carbonyl (C=O) groups is 2. The van der Waals surface area contributed by atoms with Crippen molar-refractivity contribution < 1.29 is 9.59 Å². The third kappa shape index (κ3) is 5.51. The highest BCUT2D eigenvalue weighted by atomic mass is 35.5. The van der Waals surface area contributed by atoms with E-state index >= 15 is 0 Å². The molecule has 0 aliphatic rings. The molecule has 0 saturated carbocycles. The topological polar surface area (TPSA) is 49.4 Å². The zero-order valence-electron chi connectivity index (χ0n) is 14.5. The molecule has 0 saturated heterocycles. The summed E-state index contributed by atoms with van der Waals surface area (Å²) in [6, 6.07) is 14.6. The van der Waals surface area contributed by atoms with Gasteiger partial charge in [0, 0.05) is 35.6 Å². The second-order valence-electron chi connectivity index (χ2n) is 5.80. The molecule has 0 aliphatic carbocycles. The number of hydrogen-bond acceptors (Lipinski definition) is 3. The molecule has 0 aliphatic heterocycles. The third-order valence-corrected chi connectivity index (χ3v) is 5.13. The SMILES string of the molecule is CC(SCC(=O)Nc1cccc(C(=O)N(C)C)c1)c1ccccc1Cl. The minimum atomic E-state index is -0.113. The van der Waals surface area contributed by atoms with Gasteiger partial charge in [-0.3, -0.25) is 9.59 Å². The van der Waals surface area contributed by atoms with Crippen LogP contribution in [-0.2, 0) is 4.79 Å². The van der Waals surface area contributed by atoms with Gasteiger partial charge in [0.2, 0.25) is 5.91 Å². The Labute approximate surface area is 157 Å². The maximum atomic E-state index is 12.2. The van der Waals surface area contributed by atoms with E-state index in [-0.39, 0.29) is 17.1 Å². The van der Waals surface area contributed by atoms with Crippen molar-refractivity contribution in [2.45, 2.75) is 12.2 Å². The van der Waals surface area contributed by atoms with Gasteiger partial charge in [-0.05, 0) is 36.8 Å². The number of anilines is 1. The van der Waals surface area contributed by atoms with E-state index in [4.69, 9.17) is 11.6 Å². The predicted molar refractivity (Wildman–Crippen MR) is 105 cm³/mol. The molecule has 25 heavy (non-hydrogen) atoms. The molecule has 0 aromatic heterocycles. The average Bonchev–Trinajstić information content (AvgIpc) is 2.59. The van der Waals surface area contributed by atoms with E-state index in [9.17, 15) is 9.59 Å². The van der Waals surface area contributed by atoms with E-state index in [1.54, 1.807) is 38.4 Å². The normalized spacial score (nSPS) is 11.7. The number of hydrogen-bond donors (Lipinski definition) is 1. The van der Waals surface area contributed by atoms with E-state index in [1.165, 1.54) is 16.7 Å². The molecule has 4 nitrogen and oxygen atoms in total. The van der Waals surface area contributed by atoms with Crippen LogP contribution in [0.4, 0.5) is 5.69 Å². The van der Waals surface area contributed by atoms with Gasteiger partial charge in [-0.1, -0.05) is 35.9 Å². The van der Waals surface area contributed by atoms with Gasteiger partial charge in [-0.2, -0.15) is 0 Å². The molecule has 0 radical (unpaired) electrons. The van der Waals surface area contributed by atoms with Crippen LogP contribution < -0.4 is 5.32 Å². The highest BCUT2D eigenvalue weighted by Gasteiger charge is 2.13. The Kier molecular flexibility index (Phi) is 6.91. The Morgan fingerprint density at radius 2 is 1.88 bits per heavy atom. The molecular weight excluding hydrogens is 356 g/mol. The van der Waals surface area contributed by atoms with Crippen molar-refractivity contribution in [1.29, 1.82) is 0 Å². The molecule has 1 N–H and O–H groups in total. The van der Waals surface area contributed by atoms with E-state index in [0.29, 0.717) is 22.0 Å². The van der Waals surface area contributed by atoms with Crippen LogP contribution in [0.3, 0.4) is 0 Å². The maximum Gasteiger partial charge on any atom is 0.253 e. The lowest BCUT2D eigenvalue weighted by atomic mass is 10.2. The minimum Gasteiger partial charge on any atom is -0.345 e. The first-order chi connectivity index (χ1) is 11.9. The summed E-state index contributed by atoms with van der Waals surface area (Å²) in [6.07, 6.45) is 0. The molecule has 0 spiro atoms. The van der Waals surface area contributed by atoms with Gasteiger partial charge >= 0.3 is 0 Å². The lowest BCUT2D eigenvalue weighted by molar-refractivity contribution is -0.113. The van der Waals surface area contributed by atoms with Crippen LogP contribution in [0.25, 0.3) is 0 Å². The summed E-state index contributed by atoms with van der Waals surface area (Å²) in [4.78, 5) is 25.7.